The van der Waals surface area contributed by atoms with Gasteiger partial charge in [-0.05, 0) is 12.5 Å². The Hall–Kier alpha value is -1.97. The van der Waals surface area contributed by atoms with Crippen LogP contribution in [0.4, 0.5) is 22.0 Å². The largest absolute Gasteiger partial charge is 0.573 e. The van der Waals surface area contributed by atoms with Crippen LogP contribution in [0, 0.1) is 0 Å². The molecule has 0 atom stereocenters. The number of nitrogens with two attached hydrogens (primary N) is 1. The molecular weight excluding hydrogens is 315 g/mol. The molecule has 0 radical (unpaired) electrons. The lowest BCUT2D eigenvalue weighted by Gasteiger charge is -2.18. The van der Waals surface area contributed by atoms with Crippen molar-refractivity contribution in [3.8, 4) is 5.75 Å². The van der Waals surface area contributed by atoms with Gasteiger partial charge in [0.25, 0.3) is 6.43 Å². The van der Waals surface area contributed by atoms with Crippen LogP contribution in [0.2, 0.25) is 0 Å². The minimum absolute atomic E-state index is 0.0148. The monoisotopic (exact) mass is 328 g/mol. The number of esters is 1. The van der Waals surface area contributed by atoms with Gasteiger partial charge in [-0.25, -0.2) is 8.78 Å². The number of rotatable bonds is 6. The second-order valence-electron chi connectivity index (χ2n) is 4.01. The van der Waals surface area contributed by atoms with Crippen molar-refractivity contribution >= 4 is 5.97 Å². The average Bonchev–Trinajstić information content (AvgIpc) is 2.38. The summed E-state index contributed by atoms with van der Waals surface area (Å²) < 4.78 is 71.3. The lowest BCUT2D eigenvalue weighted by molar-refractivity contribution is -0.275. The van der Waals surface area contributed by atoms with Gasteiger partial charge in [0.15, 0.2) is 5.75 Å². The molecule has 0 unspecified atom stereocenters. The standard InChI is InChI=1S/C12H13F5N2O3/c1-2-21-8(20)3-7-6(4-18)5-19-9(11(13)14)10(7)22-12(15,16)17/h5,11H,2-4,18H2,1H3. The number of alkyl halides is 5. The molecule has 0 aliphatic heterocycles. The summed E-state index contributed by atoms with van der Waals surface area (Å²) in [4.78, 5) is 14.7. The number of carbonyl (C=O) groups is 1. The molecule has 0 saturated heterocycles. The van der Waals surface area contributed by atoms with E-state index in [0.717, 1.165) is 6.20 Å². The zero-order valence-electron chi connectivity index (χ0n) is 11.4. The molecule has 1 aromatic heterocycles. The summed E-state index contributed by atoms with van der Waals surface area (Å²) in [6.45, 7) is 1.17. The van der Waals surface area contributed by atoms with Crippen molar-refractivity contribution in [2.24, 2.45) is 5.73 Å². The number of pyridine rings is 1. The molecule has 5 nitrogen and oxygen atoms in total. The fourth-order valence-corrected chi connectivity index (χ4v) is 1.70. The summed E-state index contributed by atoms with van der Waals surface area (Å²) in [6, 6.07) is 0. The zero-order chi connectivity index (χ0) is 16.9. The summed E-state index contributed by atoms with van der Waals surface area (Å²) in [7, 11) is 0. The van der Waals surface area contributed by atoms with Gasteiger partial charge in [0.2, 0.25) is 0 Å². The van der Waals surface area contributed by atoms with Gasteiger partial charge < -0.3 is 15.2 Å². The molecule has 0 saturated carbocycles. The Kier molecular flexibility index (Phi) is 6.03. The molecule has 0 aliphatic carbocycles. The highest BCUT2D eigenvalue weighted by Crippen LogP contribution is 2.36. The Morgan fingerprint density at radius 3 is 2.50 bits per heavy atom. The molecule has 22 heavy (non-hydrogen) atoms. The Morgan fingerprint density at radius 1 is 1.41 bits per heavy atom. The molecule has 1 heterocycles. The van der Waals surface area contributed by atoms with E-state index in [9.17, 15) is 26.7 Å². The number of nitrogens with zero attached hydrogens (tertiary/aromatic N) is 1. The van der Waals surface area contributed by atoms with Gasteiger partial charge in [-0.1, -0.05) is 0 Å². The first kappa shape index (κ1) is 18.1. The second-order valence-corrected chi connectivity index (χ2v) is 4.01. The van der Waals surface area contributed by atoms with Crippen molar-refractivity contribution in [3.05, 3.63) is 23.0 Å². The summed E-state index contributed by atoms with van der Waals surface area (Å²) >= 11 is 0. The number of aromatic nitrogens is 1. The van der Waals surface area contributed by atoms with Gasteiger partial charge in [0, 0.05) is 18.3 Å². The van der Waals surface area contributed by atoms with Crippen molar-refractivity contribution in [3.63, 3.8) is 0 Å². The molecule has 1 aromatic rings. The van der Waals surface area contributed by atoms with Gasteiger partial charge in [-0.15, -0.1) is 13.2 Å². The molecule has 0 aliphatic rings. The molecule has 2 N–H and O–H groups in total. The van der Waals surface area contributed by atoms with E-state index >= 15 is 0 Å². The predicted octanol–water partition coefficient (Wildman–Crippen LogP) is 2.48. The summed E-state index contributed by atoms with van der Waals surface area (Å²) in [6.07, 6.45) is -8.33. The van der Waals surface area contributed by atoms with Crippen LogP contribution in [-0.2, 0) is 22.5 Å². The number of hydrogen-bond donors (Lipinski definition) is 1. The first-order valence-corrected chi connectivity index (χ1v) is 6.09. The topological polar surface area (TPSA) is 74.4 Å². The van der Waals surface area contributed by atoms with Crippen molar-refractivity contribution in [2.75, 3.05) is 6.61 Å². The molecule has 124 valence electrons. The maximum atomic E-state index is 12.8. The Balaban J connectivity index is 3.39. The highest BCUT2D eigenvalue weighted by molar-refractivity contribution is 5.74. The second kappa shape index (κ2) is 7.34. The smallest absolute Gasteiger partial charge is 0.466 e. The lowest BCUT2D eigenvalue weighted by atomic mass is 10.0. The van der Waals surface area contributed by atoms with E-state index in [1.807, 2.05) is 0 Å². The van der Waals surface area contributed by atoms with Gasteiger partial charge in [0.1, 0.15) is 5.69 Å². The number of ether oxygens (including phenoxy) is 2. The van der Waals surface area contributed by atoms with Crippen LogP contribution < -0.4 is 10.5 Å². The van der Waals surface area contributed by atoms with Crippen LogP contribution in [-0.4, -0.2) is 23.9 Å². The van der Waals surface area contributed by atoms with E-state index in [-0.39, 0.29) is 18.7 Å². The van der Waals surface area contributed by atoms with Crippen LogP contribution in [0.15, 0.2) is 6.20 Å². The van der Waals surface area contributed by atoms with Crippen molar-refractivity contribution in [1.82, 2.24) is 4.98 Å². The normalized spacial score (nSPS) is 11.6. The van der Waals surface area contributed by atoms with Gasteiger partial charge >= 0.3 is 12.3 Å². The van der Waals surface area contributed by atoms with Crippen molar-refractivity contribution < 1.29 is 36.2 Å². The molecule has 0 aromatic carbocycles. The minimum Gasteiger partial charge on any atom is -0.466 e. The molecule has 0 fully saturated rings. The van der Waals surface area contributed by atoms with Gasteiger partial charge in [0.05, 0.1) is 13.0 Å². The van der Waals surface area contributed by atoms with Gasteiger partial charge in [-0.2, -0.15) is 0 Å². The Labute approximate surface area is 122 Å². The quantitative estimate of drug-likeness (QED) is 0.641. The summed E-state index contributed by atoms with van der Waals surface area (Å²) in [5, 5.41) is 0. The molecular formula is C12H13F5N2O3. The minimum atomic E-state index is -5.22. The number of halogens is 5. The van der Waals surface area contributed by atoms with E-state index < -0.39 is 42.2 Å². The Bertz CT molecular complexity index is 534. The highest BCUT2D eigenvalue weighted by atomic mass is 19.4. The van der Waals surface area contributed by atoms with E-state index in [1.54, 1.807) is 0 Å². The highest BCUT2D eigenvalue weighted by Gasteiger charge is 2.36. The third-order valence-electron chi connectivity index (χ3n) is 2.52. The van der Waals surface area contributed by atoms with E-state index in [1.165, 1.54) is 6.92 Å². The number of hydrogen-bond acceptors (Lipinski definition) is 5. The van der Waals surface area contributed by atoms with Gasteiger partial charge in [-0.3, -0.25) is 9.78 Å². The summed E-state index contributed by atoms with van der Waals surface area (Å²) in [5.41, 5.74) is 3.70. The summed E-state index contributed by atoms with van der Waals surface area (Å²) in [5.74, 6) is -2.10. The van der Waals surface area contributed by atoms with E-state index in [4.69, 9.17) is 5.73 Å². The number of carbonyl (C=O) groups excluding carboxylic acids is 1. The molecule has 1 rings (SSSR count). The van der Waals surface area contributed by atoms with E-state index in [2.05, 4.69) is 14.5 Å². The van der Waals surface area contributed by atoms with E-state index in [0.29, 0.717) is 0 Å². The average molecular weight is 328 g/mol. The van der Waals surface area contributed by atoms with Crippen LogP contribution in [0.3, 0.4) is 0 Å². The third-order valence-corrected chi connectivity index (χ3v) is 2.52. The SMILES string of the molecule is CCOC(=O)Cc1c(CN)cnc(C(F)F)c1OC(F)(F)F. The maximum Gasteiger partial charge on any atom is 0.573 e. The third kappa shape index (κ3) is 4.79. The first-order chi connectivity index (χ1) is 10.2. The fourth-order valence-electron chi connectivity index (χ4n) is 1.70. The zero-order valence-corrected chi connectivity index (χ0v) is 11.4. The maximum absolute atomic E-state index is 12.8. The van der Waals surface area contributed by atoms with Crippen LogP contribution >= 0.6 is 0 Å². The first-order valence-electron chi connectivity index (χ1n) is 6.09. The molecule has 0 spiro atoms. The fraction of sp³-hybridized carbons (Fsp3) is 0.500. The van der Waals surface area contributed by atoms with Crippen LogP contribution in [0.5, 0.6) is 5.75 Å². The predicted molar refractivity (Wildman–Crippen MR) is 64.1 cm³/mol. The van der Waals surface area contributed by atoms with Crippen LogP contribution in [0.25, 0.3) is 0 Å². The molecule has 0 amide bonds. The van der Waals surface area contributed by atoms with Crippen molar-refractivity contribution in [1.29, 1.82) is 0 Å². The molecule has 0 bridgehead atoms. The van der Waals surface area contributed by atoms with Crippen LogP contribution in [0.1, 0.15) is 30.2 Å². The Morgan fingerprint density at radius 2 is 2.05 bits per heavy atom. The van der Waals surface area contributed by atoms with Crippen molar-refractivity contribution in [2.45, 2.75) is 32.7 Å². The lowest BCUT2D eigenvalue weighted by Crippen LogP contribution is -2.22. The molecule has 10 heteroatoms.